The van der Waals surface area contributed by atoms with Crippen LogP contribution in [0.25, 0.3) is 21.9 Å². The minimum atomic E-state index is -7.43. The van der Waals surface area contributed by atoms with Crippen LogP contribution >= 0.6 is 12.2 Å². The van der Waals surface area contributed by atoms with Crippen molar-refractivity contribution >= 4 is 55.2 Å². The molecule has 238 valence electrons. The van der Waals surface area contributed by atoms with Gasteiger partial charge in [-0.2, -0.15) is 39.5 Å². The van der Waals surface area contributed by atoms with E-state index in [9.17, 15) is 52.5 Å². The molecule has 1 aromatic heterocycles. The molecule has 0 unspecified atom stereocenters. The zero-order valence-electron chi connectivity index (χ0n) is 22.1. The van der Waals surface area contributed by atoms with Gasteiger partial charge in [-0.3, -0.25) is 0 Å². The molecule has 0 atom stereocenters. The van der Waals surface area contributed by atoms with Gasteiger partial charge in [0.2, 0.25) is 4.90 Å². The van der Waals surface area contributed by atoms with E-state index < -0.39 is 33.4 Å². The van der Waals surface area contributed by atoms with Crippen molar-refractivity contribution in [3.8, 4) is 0 Å². The summed E-state index contributed by atoms with van der Waals surface area (Å²) in [5, 5.41) is -5.13. The fourth-order valence-corrected chi connectivity index (χ4v) is 6.94. The second kappa shape index (κ2) is 12.3. The van der Waals surface area contributed by atoms with Crippen LogP contribution in [-0.4, -0.2) is 36.2 Å². The highest BCUT2D eigenvalue weighted by molar-refractivity contribution is 7.97. The van der Waals surface area contributed by atoms with E-state index in [2.05, 4.69) is 78.9 Å². The molecule has 0 aliphatic carbocycles. The van der Waals surface area contributed by atoms with Crippen molar-refractivity contribution in [2.45, 2.75) is 38.0 Å². The van der Waals surface area contributed by atoms with Crippen molar-refractivity contribution < 1.29 is 56.9 Å². The Morgan fingerprint density at radius 2 is 1.09 bits per heavy atom. The lowest BCUT2D eigenvalue weighted by Crippen LogP contribution is -2.63. The monoisotopic (exact) mass is 696 g/mol. The van der Waals surface area contributed by atoms with Gasteiger partial charge in [0, 0.05) is 10.8 Å². The molecule has 0 aliphatic rings. The topological polar surface area (TPSA) is 70.3 Å². The van der Waals surface area contributed by atoms with Crippen LogP contribution in [0.3, 0.4) is 0 Å². The zero-order valence-corrected chi connectivity index (χ0v) is 24.5. The molecule has 0 N–H and O–H groups in total. The van der Waals surface area contributed by atoms with Crippen LogP contribution < -0.4 is 0 Å². The molecule has 1 heterocycles. The van der Waals surface area contributed by atoms with Gasteiger partial charge < -0.3 is 8.97 Å². The third-order valence-electron chi connectivity index (χ3n) is 6.17. The number of rotatable bonds is 6. The molecule has 5 aromatic rings. The summed E-state index contributed by atoms with van der Waals surface area (Å²) >= 11 is 5.82. The first kappa shape index (κ1) is 34.3. The van der Waals surface area contributed by atoms with Gasteiger partial charge in [0.25, 0.3) is 0 Å². The fraction of sp³-hybridized carbons (Fsp3) is 0.138. The lowest BCUT2D eigenvalue weighted by Gasteiger charge is -2.34. The second-order valence-electron chi connectivity index (χ2n) is 9.11. The number of para-hydroxylation sites is 2. The van der Waals surface area contributed by atoms with Crippen molar-refractivity contribution in [1.29, 1.82) is 0 Å². The van der Waals surface area contributed by atoms with Crippen LogP contribution in [0.2, 0.25) is 0 Å². The first-order valence-corrected chi connectivity index (χ1v) is 15.3. The van der Waals surface area contributed by atoms with Crippen molar-refractivity contribution in [2.75, 3.05) is 0 Å². The lowest BCUT2D eigenvalue weighted by molar-refractivity contribution is -0.382. The van der Waals surface area contributed by atoms with Gasteiger partial charge in [-0.25, -0.2) is 8.42 Å². The van der Waals surface area contributed by atoms with Gasteiger partial charge in [0.1, 0.15) is 16.5 Å². The number of alkyl halides is 9. The number of fused-ring (bicyclic) bond motifs is 2. The molecule has 4 aromatic carbocycles. The Hall–Kier alpha value is -3.60. The summed E-state index contributed by atoms with van der Waals surface area (Å²) in [6, 6.07) is 35.5. The maximum atomic E-state index is 12.2. The predicted molar refractivity (Wildman–Crippen MR) is 150 cm³/mol. The first-order valence-electron chi connectivity index (χ1n) is 12.3. The Balaban J connectivity index is 0.000000236. The maximum absolute atomic E-state index is 12.2. The number of benzene rings is 4. The molecule has 0 saturated heterocycles. The summed E-state index contributed by atoms with van der Waals surface area (Å²) in [7, 11) is -7.70. The second-order valence-corrected chi connectivity index (χ2v) is 12.9. The molecule has 0 bridgehead atoms. The zero-order chi connectivity index (χ0) is 33.4. The molecule has 45 heavy (non-hydrogen) atoms. The number of hydrogen-bond acceptors (Lipinski definition) is 5. The Morgan fingerprint density at radius 1 is 0.622 bits per heavy atom. The first-order chi connectivity index (χ1) is 20.8. The maximum Gasteiger partial charge on any atom is 0.460 e. The van der Waals surface area contributed by atoms with Crippen molar-refractivity contribution in [1.82, 2.24) is 0 Å². The SMILES string of the molecule is O=S(=O)([O-])C(F)(F)C(F)(F)C(F)(F)C(F)(F)F.S=c1c2ccccc2oc2c([S+](c3ccccc3)c3ccccc3)cccc12. The van der Waals surface area contributed by atoms with Gasteiger partial charge in [0.05, 0.1) is 4.51 Å². The molecule has 16 heteroatoms. The van der Waals surface area contributed by atoms with E-state index in [1.54, 1.807) is 0 Å². The van der Waals surface area contributed by atoms with Crippen molar-refractivity contribution in [3.05, 3.63) is 108 Å². The predicted octanol–water partition coefficient (Wildman–Crippen LogP) is 9.37. The lowest BCUT2D eigenvalue weighted by atomic mass is 10.1. The van der Waals surface area contributed by atoms with Gasteiger partial charge >= 0.3 is 23.3 Å². The Kier molecular flexibility index (Phi) is 9.37. The van der Waals surface area contributed by atoms with E-state index in [4.69, 9.17) is 16.6 Å². The Morgan fingerprint density at radius 3 is 1.58 bits per heavy atom. The summed E-state index contributed by atoms with van der Waals surface area (Å²) in [5.41, 5.74) is 1.71. The quantitative estimate of drug-likeness (QED) is 0.0582. The summed E-state index contributed by atoms with van der Waals surface area (Å²) < 4.78 is 143. The third-order valence-corrected chi connectivity index (χ3v) is 9.75. The summed E-state index contributed by atoms with van der Waals surface area (Å²) in [4.78, 5) is 3.68. The highest BCUT2D eigenvalue weighted by Crippen LogP contribution is 2.54. The molecule has 5 rings (SSSR count). The van der Waals surface area contributed by atoms with E-state index in [0.29, 0.717) is 0 Å². The minimum Gasteiger partial charge on any atom is -0.743 e. The minimum absolute atomic E-state index is 0.280. The van der Waals surface area contributed by atoms with Gasteiger partial charge in [-0.15, -0.1) is 0 Å². The smallest absolute Gasteiger partial charge is 0.460 e. The standard InChI is InChI=1S/C25H17OS2.C4HF9O3S/c27-25-20-14-7-8-16-22(20)26-24-21(25)15-9-17-23(24)28(18-10-3-1-4-11-18)19-12-5-2-6-13-19;5-1(6,3(9,10)11)2(7,8)4(12,13)17(14,15)16/h1-17H;(H,14,15,16)/q+1;/p-1. The summed E-state index contributed by atoms with van der Waals surface area (Å²) in [5.74, 6) is -14.8. The van der Waals surface area contributed by atoms with Crippen LogP contribution in [0.15, 0.2) is 122 Å². The molecule has 0 aliphatic heterocycles. The van der Waals surface area contributed by atoms with Gasteiger partial charge in [-0.05, 0) is 48.5 Å². The van der Waals surface area contributed by atoms with Crippen molar-refractivity contribution in [2.24, 2.45) is 0 Å². The molecule has 4 nitrogen and oxygen atoms in total. The molecule has 0 amide bonds. The molecule has 0 saturated carbocycles. The van der Waals surface area contributed by atoms with Crippen LogP contribution in [-0.2, 0) is 21.0 Å². The highest BCUT2D eigenvalue weighted by atomic mass is 32.2. The molecule has 0 spiro atoms. The van der Waals surface area contributed by atoms with Crippen LogP contribution in [0.5, 0.6) is 0 Å². The molecular weight excluding hydrogens is 679 g/mol. The average molecular weight is 697 g/mol. The number of halogens is 9. The normalized spacial score (nSPS) is 13.1. The molecule has 0 radical (unpaired) electrons. The largest absolute Gasteiger partial charge is 0.743 e. The Bertz CT molecular complexity index is 1940. The van der Waals surface area contributed by atoms with Crippen LogP contribution in [0, 0.1) is 4.51 Å². The summed E-state index contributed by atoms with van der Waals surface area (Å²) in [6.07, 6.45) is -7.16. The van der Waals surface area contributed by atoms with E-state index in [-0.39, 0.29) is 10.9 Å². The van der Waals surface area contributed by atoms with E-state index in [1.165, 1.54) is 9.79 Å². The molecule has 0 fully saturated rings. The molecular formula is C29H17F9O4S3. The summed E-state index contributed by atoms with van der Waals surface area (Å²) in [6.45, 7) is 0. The van der Waals surface area contributed by atoms with Crippen LogP contribution in [0.1, 0.15) is 0 Å². The third kappa shape index (κ3) is 6.28. The Labute approximate surface area is 257 Å². The highest BCUT2D eigenvalue weighted by Gasteiger charge is 2.83. The van der Waals surface area contributed by atoms with Gasteiger partial charge in [0.15, 0.2) is 25.5 Å². The van der Waals surface area contributed by atoms with E-state index >= 15 is 0 Å². The van der Waals surface area contributed by atoms with E-state index in [1.807, 2.05) is 24.3 Å². The van der Waals surface area contributed by atoms with E-state index in [0.717, 1.165) is 31.3 Å². The number of hydrogen-bond donors (Lipinski definition) is 0. The average Bonchev–Trinajstić information content (AvgIpc) is 2.98. The fourth-order valence-electron chi connectivity index (χ4n) is 3.98. The van der Waals surface area contributed by atoms with Gasteiger partial charge in [-0.1, -0.05) is 66.8 Å². The van der Waals surface area contributed by atoms with Crippen molar-refractivity contribution in [3.63, 3.8) is 0 Å². The van der Waals surface area contributed by atoms with Crippen LogP contribution in [0.4, 0.5) is 39.5 Å².